The molecule has 1 saturated heterocycles. The third-order valence-electron chi connectivity index (χ3n) is 5.09. The maximum absolute atomic E-state index is 12.5. The molecule has 0 amide bonds. The number of anilines is 1. The van der Waals surface area contributed by atoms with Crippen molar-refractivity contribution in [1.29, 1.82) is 0 Å². The van der Waals surface area contributed by atoms with Crippen LogP contribution in [0.15, 0.2) is 53.4 Å². The van der Waals surface area contributed by atoms with Gasteiger partial charge in [-0.1, -0.05) is 38.1 Å². The smallest absolute Gasteiger partial charge is 0.261 e. The standard InChI is InChI=1S/C21H28N2O2S/c1-3-14-23-15-13-19(16-23)18-7-9-20(10-8-18)22-26(24,25)21-11-5-17(4-2)6-12-21/h5-12,19,22H,3-4,13-16H2,1-2H3/t19-/m1/s1. The third kappa shape index (κ3) is 4.46. The quantitative estimate of drug-likeness (QED) is 0.790. The molecule has 0 bridgehead atoms. The summed E-state index contributed by atoms with van der Waals surface area (Å²) in [6.45, 7) is 7.67. The van der Waals surface area contributed by atoms with Gasteiger partial charge in [-0.15, -0.1) is 0 Å². The predicted octanol–water partition coefficient (Wildman–Crippen LogP) is 4.25. The van der Waals surface area contributed by atoms with Crippen LogP contribution in [0.3, 0.4) is 0 Å². The van der Waals surface area contributed by atoms with E-state index in [4.69, 9.17) is 0 Å². The molecule has 1 fully saturated rings. The number of hydrogen-bond acceptors (Lipinski definition) is 3. The highest BCUT2D eigenvalue weighted by Gasteiger charge is 2.23. The van der Waals surface area contributed by atoms with Crippen molar-refractivity contribution >= 4 is 15.7 Å². The minimum absolute atomic E-state index is 0.296. The summed E-state index contributed by atoms with van der Waals surface area (Å²) in [5, 5.41) is 0. The summed E-state index contributed by atoms with van der Waals surface area (Å²) in [5.74, 6) is 0.550. The zero-order valence-electron chi connectivity index (χ0n) is 15.6. The van der Waals surface area contributed by atoms with Crippen LogP contribution in [0.1, 0.15) is 43.7 Å². The van der Waals surface area contributed by atoms with E-state index in [2.05, 4.69) is 35.6 Å². The minimum Gasteiger partial charge on any atom is -0.303 e. The van der Waals surface area contributed by atoms with E-state index in [0.717, 1.165) is 31.6 Å². The summed E-state index contributed by atoms with van der Waals surface area (Å²) in [6.07, 6.45) is 3.26. The molecule has 4 nitrogen and oxygen atoms in total. The SMILES string of the molecule is CCCN1CC[C@@H](c2ccc(NS(=O)(=O)c3ccc(CC)cc3)cc2)C1. The average Bonchev–Trinajstić information content (AvgIpc) is 3.11. The van der Waals surface area contributed by atoms with Crippen molar-refractivity contribution in [3.63, 3.8) is 0 Å². The number of benzene rings is 2. The topological polar surface area (TPSA) is 49.4 Å². The Hall–Kier alpha value is -1.85. The van der Waals surface area contributed by atoms with Crippen LogP contribution in [-0.4, -0.2) is 33.0 Å². The van der Waals surface area contributed by atoms with Crippen LogP contribution in [0.4, 0.5) is 5.69 Å². The molecule has 26 heavy (non-hydrogen) atoms. The van der Waals surface area contributed by atoms with Crippen molar-refractivity contribution in [2.24, 2.45) is 0 Å². The van der Waals surface area contributed by atoms with E-state index < -0.39 is 10.0 Å². The molecule has 2 aromatic carbocycles. The van der Waals surface area contributed by atoms with Crippen LogP contribution in [0, 0.1) is 0 Å². The minimum atomic E-state index is -3.54. The van der Waals surface area contributed by atoms with Gasteiger partial charge in [-0.3, -0.25) is 4.72 Å². The Morgan fingerprint density at radius 2 is 1.73 bits per heavy atom. The lowest BCUT2D eigenvalue weighted by molar-refractivity contribution is 0.335. The predicted molar refractivity (Wildman–Crippen MR) is 107 cm³/mol. The van der Waals surface area contributed by atoms with Gasteiger partial charge < -0.3 is 4.90 Å². The van der Waals surface area contributed by atoms with Gasteiger partial charge in [0.15, 0.2) is 0 Å². The second kappa shape index (κ2) is 8.23. The van der Waals surface area contributed by atoms with Crippen LogP contribution in [0.5, 0.6) is 0 Å². The van der Waals surface area contributed by atoms with E-state index in [-0.39, 0.29) is 0 Å². The number of nitrogens with one attached hydrogen (secondary N) is 1. The molecule has 1 heterocycles. The van der Waals surface area contributed by atoms with Gasteiger partial charge >= 0.3 is 0 Å². The Balaban J connectivity index is 1.67. The molecular formula is C21H28N2O2S. The molecule has 0 aromatic heterocycles. The van der Waals surface area contributed by atoms with Gasteiger partial charge in [0.25, 0.3) is 10.0 Å². The molecule has 2 aromatic rings. The maximum atomic E-state index is 12.5. The van der Waals surface area contributed by atoms with Gasteiger partial charge in [-0.05, 0) is 73.7 Å². The molecule has 5 heteroatoms. The summed E-state index contributed by atoms with van der Waals surface area (Å²) in [7, 11) is -3.54. The highest BCUT2D eigenvalue weighted by Crippen LogP contribution is 2.28. The van der Waals surface area contributed by atoms with Crippen LogP contribution in [0.25, 0.3) is 0 Å². The van der Waals surface area contributed by atoms with Crippen molar-refractivity contribution < 1.29 is 8.42 Å². The van der Waals surface area contributed by atoms with Gasteiger partial charge in [-0.2, -0.15) is 0 Å². The van der Waals surface area contributed by atoms with Crippen LogP contribution in [0.2, 0.25) is 0 Å². The zero-order chi connectivity index (χ0) is 18.6. The van der Waals surface area contributed by atoms with Crippen molar-refractivity contribution in [2.75, 3.05) is 24.4 Å². The molecule has 0 saturated carbocycles. The van der Waals surface area contributed by atoms with Crippen LogP contribution >= 0.6 is 0 Å². The highest BCUT2D eigenvalue weighted by molar-refractivity contribution is 7.92. The molecule has 1 aliphatic rings. The number of nitrogens with zero attached hydrogens (tertiary/aromatic N) is 1. The number of rotatable bonds is 7. The normalized spacial score (nSPS) is 18.2. The monoisotopic (exact) mass is 372 g/mol. The Kier molecular flexibility index (Phi) is 5.99. The number of hydrogen-bond donors (Lipinski definition) is 1. The first-order valence-corrected chi connectivity index (χ1v) is 10.9. The molecule has 0 unspecified atom stereocenters. The Bertz CT molecular complexity index is 814. The first-order valence-electron chi connectivity index (χ1n) is 9.46. The molecule has 140 valence electrons. The summed E-state index contributed by atoms with van der Waals surface area (Å²) < 4.78 is 27.8. The molecular weight excluding hydrogens is 344 g/mol. The first kappa shape index (κ1) is 18.9. The van der Waals surface area contributed by atoms with Gasteiger partial charge in [0, 0.05) is 12.2 Å². The second-order valence-electron chi connectivity index (χ2n) is 7.01. The number of aryl methyl sites for hydroxylation is 1. The molecule has 0 spiro atoms. The summed E-state index contributed by atoms with van der Waals surface area (Å²) >= 11 is 0. The Morgan fingerprint density at radius 3 is 2.35 bits per heavy atom. The van der Waals surface area contributed by atoms with Crippen molar-refractivity contribution in [3.05, 3.63) is 59.7 Å². The number of sulfonamides is 1. The van der Waals surface area contributed by atoms with E-state index in [1.54, 1.807) is 12.1 Å². The Morgan fingerprint density at radius 1 is 1.04 bits per heavy atom. The number of likely N-dealkylation sites (tertiary alicyclic amines) is 1. The van der Waals surface area contributed by atoms with Crippen LogP contribution in [-0.2, 0) is 16.4 Å². The van der Waals surface area contributed by atoms with E-state index in [0.29, 0.717) is 16.5 Å². The van der Waals surface area contributed by atoms with Gasteiger partial charge in [0.1, 0.15) is 0 Å². The molecule has 1 atom stereocenters. The summed E-state index contributed by atoms with van der Waals surface area (Å²) in [5.41, 5.74) is 3.03. The van der Waals surface area contributed by atoms with Gasteiger partial charge in [0.2, 0.25) is 0 Å². The first-order chi connectivity index (χ1) is 12.5. The third-order valence-corrected chi connectivity index (χ3v) is 6.49. The van der Waals surface area contributed by atoms with E-state index in [1.165, 1.54) is 18.4 Å². The lowest BCUT2D eigenvalue weighted by Crippen LogP contribution is -2.20. The lowest BCUT2D eigenvalue weighted by atomic mass is 9.98. The van der Waals surface area contributed by atoms with Crippen molar-refractivity contribution in [2.45, 2.75) is 43.9 Å². The lowest BCUT2D eigenvalue weighted by Gasteiger charge is -2.15. The maximum Gasteiger partial charge on any atom is 0.261 e. The summed E-state index contributed by atoms with van der Waals surface area (Å²) in [4.78, 5) is 2.80. The highest BCUT2D eigenvalue weighted by atomic mass is 32.2. The largest absolute Gasteiger partial charge is 0.303 e. The average molecular weight is 373 g/mol. The molecule has 1 N–H and O–H groups in total. The van der Waals surface area contributed by atoms with Crippen molar-refractivity contribution in [1.82, 2.24) is 4.90 Å². The van der Waals surface area contributed by atoms with E-state index >= 15 is 0 Å². The fourth-order valence-electron chi connectivity index (χ4n) is 3.57. The molecule has 1 aliphatic heterocycles. The van der Waals surface area contributed by atoms with Gasteiger partial charge in [0.05, 0.1) is 4.90 Å². The fourth-order valence-corrected chi connectivity index (χ4v) is 4.62. The summed E-state index contributed by atoms with van der Waals surface area (Å²) in [6, 6.07) is 14.9. The van der Waals surface area contributed by atoms with Crippen molar-refractivity contribution in [3.8, 4) is 0 Å². The molecule has 0 aliphatic carbocycles. The zero-order valence-corrected chi connectivity index (χ0v) is 16.4. The van der Waals surface area contributed by atoms with E-state index in [9.17, 15) is 8.42 Å². The molecule has 3 rings (SSSR count). The molecule has 0 radical (unpaired) electrons. The van der Waals surface area contributed by atoms with E-state index in [1.807, 2.05) is 24.3 Å². The van der Waals surface area contributed by atoms with Gasteiger partial charge in [-0.25, -0.2) is 8.42 Å². The Labute approximate surface area is 157 Å². The van der Waals surface area contributed by atoms with Crippen LogP contribution < -0.4 is 4.72 Å². The fraction of sp³-hybridized carbons (Fsp3) is 0.429. The second-order valence-corrected chi connectivity index (χ2v) is 8.69.